The number of aryl methyl sites for hydroxylation is 2. The predicted octanol–water partition coefficient (Wildman–Crippen LogP) is 1.20. The number of carbonyl (C=O) groups excluding carboxylic acids is 1. The Bertz CT molecular complexity index is 458. The molecule has 1 saturated carbocycles. The highest BCUT2D eigenvalue weighted by Gasteiger charge is 2.27. The number of carbonyl (C=O) groups is 1. The lowest BCUT2D eigenvalue weighted by atomic mass is 10.1. The first kappa shape index (κ1) is 16.0. The van der Waals surface area contributed by atoms with E-state index in [0.29, 0.717) is 6.54 Å². The molecular formula is C13H23ClN4O. The molecule has 6 heteroatoms. The Balaban J connectivity index is 0.00000180. The Hall–Kier alpha value is -1.07. The molecule has 1 fully saturated rings. The maximum Gasteiger partial charge on any atom is 0.223 e. The minimum atomic E-state index is 0. The third-order valence-electron chi connectivity index (χ3n) is 3.94. The standard InChI is InChI=1S/C13H22N4O.ClH/c1-8-12(9(2)17(3)16-8)7-15-13(18)10-4-5-11(14)6-10;/h10-11H,4-7,14H2,1-3H3,(H,15,18);1H. The van der Waals surface area contributed by atoms with Crippen molar-refractivity contribution in [2.24, 2.45) is 18.7 Å². The summed E-state index contributed by atoms with van der Waals surface area (Å²) in [6.07, 6.45) is 2.69. The highest BCUT2D eigenvalue weighted by Crippen LogP contribution is 2.24. The third-order valence-corrected chi connectivity index (χ3v) is 3.94. The molecule has 0 radical (unpaired) electrons. The van der Waals surface area contributed by atoms with Crippen LogP contribution in [0.4, 0.5) is 0 Å². The van der Waals surface area contributed by atoms with Crippen molar-refractivity contribution in [1.82, 2.24) is 15.1 Å². The molecule has 5 nitrogen and oxygen atoms in total. The van der Waals surface area contributed by atoms with Crippen molar-refractivity contribution in [2.45, 2.75) is 45.7 Å². The van der Waals surface area contributed by atoms with Crippen LogP contribution >= 0.6 is 12.4 Å². The SMILES string of the molecule is Cc1nn(C)c(C)c1CNC(=O)C1CCC(N)C1.Cl. The molecule has 1 aliphatic rings. The Labute approximate surface area is 120 Å². The van der Waals surface area contributed by atoms with Crippen LogP contribution in [0.5, 0.6) is 0 Å². The minimum absolute atomic E-state index is 0. The largest absolute Gasteiger partial charge is 0.352 e. The van der Waals surface area contributed by atoms with Gasteiger partial charge in [0.15, 0.2) is 0 Å². The zero-order valence-corrected chi connectivity index (χ0v) is 12.6. The topological polar surface area (TPSA) is 72.9 Å². The summed E-state index contributed by atoms with van der Waals surface area (Å²) in [6, 6.07) is 0.197. The molecule has 0 spiro atoms. The summed E-state index contributed by atoms with van der Waals surface area (Å²) in [5.74, 6) is 0.225. The van der Waals surface area contributed by atoms with Crippen molar-refractivity contribution in [3.8, 4) is 0 Å². The Morgan fingerprint density at radius 2 is 2.16 bits per heavy atom. The van der Waals surface area contributed by atoms with Crippen LogP contribution < -0.4 is 11.1 Å². The first-order valence-electron chi connectivity index (χ1n) is 6.51. The normalized spacial score (nSPS) is 22.1. The Morgan fingerprint density at radius 3 is 2.63 bits per heavy atom. The second-order valence-corrected chi connectivity index (χ2v) is 5.26. The lowest BCUT2D eigenvalue weighted by Crippen LogP contribution is -2.30. The zero-order chi connectivity index (χ0) is 13.3. The Morgan fingerprint density at radius 1 is 1.47 bits per heavy atom. The van der Waals surface area contributed by atoms with E-state index in [0.717, 1.165) is 36.2 Å². The summed E-state index contributed by atoms with van der Waals surface area (Å²) in [6.45, 7) is 4.56. The van der Waals surface area contributed by atoms with Gasteiger partial charge in [0, 0.05) is 36.8 Å². The van der Waals surface area contributed by atoms with Crippen LogP contribution in [0.1, 0.15) is 36.2 Å². The van der Waals surface area contributed by atoms with Crippen molar-refractivity contribution < 1.29 is 4.79 Å². The summed E-state index contributed by atoms with van der Waals surface area (Å²) in [5, 5.41) is 7.35. The van der Waals surface area contributed by atoms with Crippen LogP contribution in [0.2, 0.25) is 0 Å². The maximum atomic E-state index is 12.0. The molecule has 1 aromatic rings. The van der Waals surface area contributed by atoms with E-state index in [1.165, 1.54) is 0 Å². The summed E-state index contributed by atoms with van der Waals surface area (Å²) in [7, 11) is 1.92. The molecule has 0 saturated heterocycles. The number of amides is 1. The van der Waals surface area contributed by atoms with E-state index in [-0.39, 0.29) is 30.3 Å². The molecular weight excluding hydrogens is 264 g/mol. The maximum absolute atomic E-state index is 12.0. The summed E-state index contributed by atoms with van der Waals surface area (Å²) < 4.78 is 1.85. The van der Waals surface area contributed by atoms with Gasteiger partial charge in [-0.15, -0.1) is 12.4 Å². The summed E-state index contributed by atoms with van der Waals surface area (Å²) in [4.78, 5) is 12.0. The molecule has 2 unspecified atom stereocenters. The number of aromatic nitrogens is 2. The van der Waals surface area contributed by atoms with E-state index in [2.05, 4.69) is 10.4 Å². The van der Waals surface area contributed by atoms with Gasteiger partial charge in [-0.2, -0.15) is 5.10 Å². The van der Waals surface area contributed by atoms with E-state index in [9.17, 15) is 4.79 Å². The number of hydrogen-bond donors (Lipinski definition) is 2. The fourth-order valence-electron chi connectivity index (χ4n) is 2.65. The van der Waals surface area contributed by atoms with Crippen LogP contribution in [0.15, 0.2) is 0 Å². The third kappa shape index (κ3) is 3.48. The van der Waals surface area contributed by atoms with E-state index >= 15 is 0 Å². The summed E-state index contributed by atoms with van der Waals surface area (Å²) in [5.41, 5.74) is 9.04. The molecule has 0 aliphatic heterocycles. The lowest BCUT2D eigenvalue weighted by molar-refractivity contribution is -0.125. The van der Waals surface area contributed by atoms with Crippen LogP contribution in [0, 0.1) is 19.8 Å². The summed E-state index contributed by atoms with van der Waals surface area (Å²) >= 11 is 0. The van der Waals surface area contributed by atoms with Gasteiger partial charge in [-0.3, -0.25) is 9.48 Å². The van der Waals surface area contributed by atoms with Gasteiger partial charge in [0.2, 0.25) is 5.91 Å². The van der Waals surface area contributed by atoms with Crippen molar-refractivity contribution in [3.63, 3.8) is 0 Å². The fraction of sp³-hybridized carbons (Fsp3) is 0.692. The van der Waals surface area contributed by atoms with Crippen LogP contribution in [-0.4, -0.2) is 21.7 Å². The number of nitrogens with zero attached hydrogens (tertiary/aromatic N) is 2. The quantitative estimate of drug-likeness (QED) is 0.877. The molecule has 2 atom stereocenters. The average Bonchev–Trinajstić information content (AvgIpc) is 2.83. The van der Waals surface area contributed by atoms with Crippen LogP contribution in [-0.2, 0) is 18.4 Å². The van der Waals surface area contributed by atoms with E-state index in [1.54, 1.807) is 0 Å². The minimum Gasteiger partial charge on any atom is -0.352 e. The molecule has 3 N–H and O–H groups in total. The van der Waals surface area contributed by atoms with Gasteiger partial charge in [0.1, 0.15) is 0 Å². The average molecular weight is 287 g/mol. The molecule has 1 aliphatic carbocycles. The highest BCUT2D eigenvalue weighted by molar-refractivity contribution is 5.85. The van der Waals surface area contributed by atoms with E-state index in [1.807, 2.05) is 25.6 Å². The van der Waals surface area contributed by atoms with Crippen molar-refractivity contribution in [3.05, 3.63) is 17.0 Å². The molecule has 1 amide bonds. The van der Waals surface area contributed by atoms with E-state index in [4.69, 9.17) is 5.73 Å². The zero-order valence-electron chi connectivity index (χ0n) is 11.8. The second-order valence-electron chi connectivity index (χ2n) is 5.26. The molecule has 1 aromatic heterocycles. The van der Waals surface area contributed by atoms with Gasteiger partial charge in [0.05, 0.1) is 5.69 Å². The van der Waals surface area contributed by atoms with Gasteiger partial charge < -0.3 is 11.1 Å². The first-order chi connectivity index (χ1) is 8.49. The van der Waals surface area contributed by atoms with Gasteiger partial charge >= 0.3 is 0 Å². The molecule has 0 aromatic carbocycles. The lowest BCUT2D eigenvalue weighted by Gasteiger charge is -2.11. The van der Waals surface area contributed by atoms with Crippen LogP contribution in [0.25, 0.3) is 0 Å². The monoisotopic (exact) mass is 286 g/mol. The number of nitrogens with one attached hydrogen (secondary N) is 1. The second kappa shape index (κ2) is 6.39. The van der Waals surface area contributed by atoms with Crippen molar-refractivity contribution in [2.75, 3.05) is 0 Å². The van der Waals surface area contributed by atoms with Crippen molar-refractivity contribution >= 4 is 18.3 Å². The molecule has 108 valence electrons. The molecule has 19 heavy (non-hydrogen) atoms. The van der Waals surface area contributed by atoms with Crippen LogP contribution in [0.3, 0.4) is 0 Å². The first-order valence-corrected chi connectivity index (χ1v) is 6.51. The number of nitrogens with two attached hydrogens (primary N) is 1. The number of hydrogen-bond acceptors (Lipinski definition) is 3. The fourth-order valence-corrected chi connectivity index (χ4v) is 2.65. The molecule has 2 rings (SSSR count). The number of rotatable bonds is 3. The van der Waals surface area contributed by atoms with Gasteiger partial charge in [0.25, 0.3) is 0 Å². The highest BCUT2D eigenvalue weighted by atomic mass is 35.5. The van der Waals surface area contributed by atoms with Gasteiger partial charge in [-0.1, -0.05) is 0 Å². The van der Waals surface area contributed by atoms with Gasteiger partial charge in [-0.05, 0) is 33.1 Å². The number of halogens is 1. The Kier molecular flexibility index (Phi) is 5.38. The predicted molar refractivity (Wildman–Crippen MR) is 77.1 cm³/mol. The van der Waals surface area contributed by atoms with E-state index < -0.39 is 0 Å². The van der Waals surface area contributed by atoms with Gasteiger partial charge in [-0.25, -0.2) is 0 Å². The molecule has 0 bridgehead atoms. The smallest absolute Gasteiger partial charge is 0.223 e. The van der Waals surface area contributed by atoms with Crippen molar-refractivity contribution in [1.29, 1.82) is 0 Å². The molecule has 1 heterocycles.